The third-order valence-corrected chi connectivity index (χ3v) is 4.45. The van der Waals surface area contributed by atoms with Gasteiger partial charge in [-0.2, -0.15) is 13.2 Å². The summed E-state index contributed by atoms with van der Waals surface area (Å²) < 4.78 is 37.4. The van der Waals surface area contributed by atoms with Gasteiger partial charge in [-0.25, -0.2) is 4.98 Å². The molecule has 0 radical (unpaired) electrons. The number of thiazole rings is 1. The Hall–Kier alpha value is -0.950. The molecule has 3 nitrogen and oxygen atoms in total. The molecular formula is C12H15F3N2OS. The van der Waals surface area contributed by atoms with Crippen molar-refractivity contribution < 1.29 is 18.0 Å². The Morgan fingerprint density at radius 2 is 2.00 bits per heavy atom. The van der Waals surface area contributed by atoms with E-state index in [2.05, 4.69) is 4.98 Å². The molecule has 106 valence electrons. The van der Waals surface area contributed by atoms with Crippen molar-refractivity contribution in [3.8, 4) is 0 Å². The van der Waals surface area contributed by atoms with Gasteiger partial charge in [0.25, 0.3) is 0 Å². The Kier molecular flexibility index (Phi) is 4.25. The molecule has 7 heteroatoms. The Balaban J connectivity index is 2.16. The highest BCUT2D eigenvalue weighted by Gasteiger charge is 2.36. The third-order valence-electron chi connectivity index (χ3n) is 3.40. The van der Waals surface area contributed by atoms with E-state index in [4.69, 9.17) is 5.73 Å². The van der Waals surface area contributed by atoms with E-state index in [0.717, 1.165) is 31.9 Å². The van der Waals surface area contributed by atoms with Crippen LogP contribution in [-0.2, 0) is 6.18 Å². The summed E-state index contributed by atoms with van der Waals surface area (Å²) in [5.74, 6) is -0.661. The van der Waals surface area contributed by atoms with Crippen LogP contribution in [0.15, 0.2) is 6.20 Å². The molecule has 2 atom stereocenters. The molecule has 2 N–H and O–H groups in total. The fourth-order valence-electron chi connectivity index (χ4n) is 2.36. The van der Waals surface area contributed by atoms with Gasteiger partial charge in [-0.3, -0.25) is 4.79 Å². The molecule has 0 saturated heterocycles. The molecule has 2 rings (SSSR count). The van der Waals surface area contributed by atoms with Crippen LogP contribution < -0.4 is 5.73 Å². The largest absolute Gasteiger partial charge is 0.443 e. The Labute approximate surface area is 113 Å². The minimum atomic E-state index is -4.49. The average Bonchev–Trinajstić information content (AvgIpc) is 2.73. The van der Waals surface area contributed by atoms with E-state index in [1.807, 2.05) is 0 Å². The number of carbonyl (C=O) groups excluding carboxylic acids is 1. The van der Waals surface area contributed by atoms with Crippen molar-refractivity contribution in [3.63, 3.8) is 0 Å². The molecule has 0 aromatic carbocycles. The second kappa shape index (κ2) is 5.58. The SMILES string of the molecule is NC1CCCCCC1C(=O)c1cnc(C(F)(F)F)s1. The lowest BCUT2D eigenvalue weighted by Crippen LogP contribution is -2.34. The topological polar surface area (TPSA) is 56.0 Å². The van der Waals surface area contributed by atoms with Crippen LogP contribution in [0.2, 0.25) is 0 Å². The number of nitrogens with two attached hydrogens (primary N) is 1. The van der Waals surface area contributed by atoms with Gasteiger partial charge in [0.15, 0.2) is 10.8 Å². The number of Topliss-reactive ketones (excluding diaryl/α,β-unsaturated/α-hetero) is 1. The summed E-state index contributed by atoms with van der Waals surface area (Å²) in [4.78, 5) is 15.6. The second-order valence-corrected chi connectivity index (χ2v) is 5.83. The molecule has 0 spiro atoms. The van der Waals surface area contributed by atoms with Crippen molar-refractivity contribution >= 4 is 17.1 Å². The number of carbonyl (C=O) groups is 1. The second-order valence-electron chi connectivity index (χ2n) is 4.80. The monoisotopic (exact) mass is 292 g/mol. The Bertz CT molecular complexity index is 458. The van der Waals surface area contributed by atoms with Crippen LogP contribution in [0, 0.1) is 5.92 Å². The number of aromatic nitrogens is 1. The van der Waals surface area contributed by atoms with E-state index in [-0.39, 0.29) is 22.6 Å². The summed E-state index contributed by atoms with van der Waals surface area (Å²) in [5.41, 5.74) is 5.95. The normalized spacial score (nSPS) is 25.1. The van der Waals surface area contributed by atoms with Crippen molar-refractivity contribution in [2.75, 3.05) is 0 Å². The van der Waals surface area contributed by atoms with Crippen molar-refractivity contribution in [3.05, 3.63) is 16.1 Å². The highest BCUT2D eigenvalue weighted by molar-refractivity contribution is 7.13. The van der Waals surface area contributed by atoms with Crippen molar-refractivity contribution in [1.29, 1.82) is 0 Å². The fraction of sp³-hybridized carbons (Fsp3) is 0.667. The number of nitrogens with zero attached hydrogens (tertiary/aromatic N) is 1. The summed E-state index contributed by atoms with van der Waals surface area (Å²) in [7, 11) is 0. The van der Waals surface area contributed by atoms with Crippen molar-refractivity contribution in [1.82, 2.24) is 4.98 Å². The van der Waals surface area contributed by atoms with Gasteiger partial charge < -0.3 is 5.73 Å². The number of rotatable bonds is 2. The standard InChI is InChI=1S/C12H15F3N2OS/c13-12(14,15)11-17-6-9(19-11)10(18)7-4-2-1-3-5-8(7)16/h6-8H,1-5,16H2. The van der Waals surface area contributed by atoms with Crippen LogP contribution in [0.25, 0.3) is 0 Å². The van der Waals surface area contributed by atoms with Crippen LogP contribution in [0.5, 0.6) is 0 Å². The highest BCUT2D eigenvalue weighted by Crippen LogP contribution is 2.34. The first kappa shape index (κ1) is 14.5. The maximum atomic E-state index is 12.5. The number of alkyl halides is 3. The summed E-state index contributed by atoms with van der Waals surface area (Å²) in [6.07, 6.45) is 0.827. The van der Waals surface area contributed by atoms with Crippen LogP contribution >= 0.6 is 11.3 Å². The zero-order valence-corrected chi connectivity index (χ0v) is 11.1. The summed E-state index contributed by atoms with van der Waals surface area (Å²) in [6, 6.07) is -0.258. The van der Waals surface area contributed by atoms with Gasteiger partial charge in [-0.15, -0.1) is 11.3 Å². The summed E-state index contributed by atoms with van der Waals surface area (Å²) >= 11 is 0.409. The lowest BCUT2D eigenvalue weighted by atomic mass is 9.91. The molecule has 1 aliphatic rings. The number of hydrogen-bond donors (Lipinski definition) is 1. The summed E-state index contributed by atoms with van der Waals surface area (Å²) in [5, 5.41) is -0.974. The number of hydrogen-bond acceptors (Lipinski definition) is 4. The van der Waals surface area contributed by atoms with Gasteiger partial charge in [0, 0.05) is 18.2 Å². The van der Waals surface area contributed by atoms with Gasteiger partial charge in [0.05, 0.1) is 4.88 Å². The average molecular weight is 292 g/mol. The predicted molar refractivity (Wildman–Crippen MR) is 66.0 cm³/mol. The first-order valence-electron chi connectivity index (χ1n) is 6.22. The molecule has 1 saturated carbocycles. The zero-order valence-electron chi connectivity index (χ0n) is 10.2. The molecule has 1 heterocycles. The molecule has 1 aromatic heterocycles. The maximum Gasteiger partial charge on any atom is 0.443 e. The van der Waals surface area contributed by atoms with Crippen molar-refractivity contribution in [2.45, 2.75) is 44.3 Å². The van der Waals surface area contributed by atoms with Crippen LogP contribution in [-0.4, -0.2) is 16.8 Å². The molecule has 2 unspecified atom stereocenters. The number of halogens is 3. The van der Waals surface area contributed by atoms with E-state index in [0.29, 0.717) is 17.8 Å². The van der Waals surface area contributed by atoms with Crippen LogP contribution in [0.4, 0.5) is 13.2 Å². The molecule has 1 fully saturated rings. The predicted octanol–water partition coefficient (Wildman–Crippen LogP) is 3.25. The molecule has 1 aliphatic carbocycles. The highest BCUT2D eigenvalue weighted by atomic mass is 32.1. The molecule has 0 aliphatic heterocycles. The fourth-order valence-corrected chi connectivity index (χ4v) is 3.15. The van der Waals surface area contributed by atoms with Crippen LogP contribution in [0.3, 0.4) is 0 Å². The van der Waals surface area contributed by atoms with E-state index < -0.39 is 11.2 Å². The minimum absolute atomic E-state index is 0.0645. The van der Waals surface area contributed by atoms with E-state index in [9.17, 15) is 18.0 Å². The molecule has 1 aromatic rings. The molecule has 0 bridgehead atoms. The first-order chi connectivity index (χ1) is 8.89. The van der Waals surface area contributed by atoms with Crippen molar-refractivity contribution in [2.24, 2.45) is 11.7 Å². The van der Waals surface area contributed by atoms with Gasteiger partial charge in [-0.05, 0) is 12.8 Å². The molecular weight excluding hydrogens is 277 g/mol. The van der Waals surface area contributed by atoms with Gasteiger partial charge >= 0.3 is 6.18 Å². The van der Waals surface area contributed by atoms with Gasteiger partial charge in [-0.1, -0.05) is 19.3 Å². The number of ketones is 1. The van der Waals surface area contributed by atoms with E-state index >= 15 is 0 Å². The first-order valence-corrected chi connectivity index (χ1v) is 7.04. The van der Waals surface area contributed by atoms with E-state index in [1.165, 1.54) is 0 Å². The minimum Gasteiger partial charge on any atom is -0.327 e. The molecule has 0 amide bonds. The Morgan fingerprint density at radius 3 is 2.63 bits per heavy atom. The Morgan fingerprint density at radius 1 is 1.32 bits per heavy atom. The summed E-state index contributed by atoms with van der Waals surface area (Å²) in [6.45, 7) is 0. The zero-order chi connectivity index (χ0) is 14.0. The van der Waals surface area contributed by atoms with E-state index in [1.54, 1.807) is 0 Å². The lowest BCUT2D eigenvalue weighted by Gasteiger charge is -2.18. The maximum absolute atomic E-state index is 12.5. The van der Waals surface area contributed by atoms with Gasteiger partial charge in [0.1, 0.15) is 0 Å². The molecule has 19 heavy (non-hydrogen) atoms. The lowest BCUT2D eigenvalue weighted by molar-refractivity contribution is -0.137. The van der Waals surface area contributed by atoms with Crippen LogP contribution in [0.1, 0.15) is 46.8 Å². The van der Waals surface area contributed by atoms with Gasteiger partial charge in [0.2, 0.25) is 0 Å². The smallest absolute Gasteiger partial charge is 0.327 e. The quantitative estimate of drug-likeness (QED) is 0.672. The third kappa shape index (κ3) is 3.33.